The summed E-state index contributed by atoms with van der Waals surface area (Å²) in [5.74, 6) is -0.307. The van der Waals surface area contributed by atoms with Crippen molar-refractivity contribution in [2.75, 3.05) is 11.1 Å². The highest BCUT2D eigenvalue weighted by Crippen LogP contribution is 2.31. The van der Waals surface area contributed by atoms with Gasteiger partial charge in [-0.15, -0.1) is 0 Å². The van der Waals surface area contributed by atoms with Gasteiger partial charge in [-0.1, -0.05) is 12.1 Å². The number of aryl methyl sites for hydroxylation is 1. The molecule has 0 aliphatic heterocycles. The zero-order valence-electron chi connectivity index (χ0n) is 10.7. The molecule has 0 unspecified atom stereocenters. The van der Waals surface area contributed by atoms with E-state index in [4.69, 9.17) is 5.73 Å². The molecule has 3 rings (SSSR count). The lowest BCUT2D eigenvalue weighted by atomic mass is 9.90. The molecule has 0 amide bonds. The molecule has 1 aliphatic rings. The van der Waals surface area contributed by atoms with Crippen molar-refractivity contribution in [1.29, 1.82) is 0 Å². The Hall–Kier alpha value is -2.03. The van der Waals surface area contributed by atoms with E-state index in [2.05, 4.69) is 23.5 Å². The first-order chi connectivity index (χ1) is 9.24. The highest BCUT2D eigenvalue weighted by atomic mass is 19.1. The monoisotopic (exact) mass is 256 g/mol. The molecule has 2 nitrogen and oxygen atoms in total. The number of hydrogen-bond donors (Lipinski definition) is 2. The largest absolute Gasteiger partial charge is 0.397 e. The van der Waals surface area contributed by atoms with E-state index in [9.17, 15) is 4.39 Å². The third-order valence-corrected chi connectivity index (χ3v) is 3.68. The van der Waals surface area contributed by atoms with E-state index in [-0.39, 0.29) is 5.82 Å². The topological polar surface area (TPSA) is 38.0 Å². The molecular weight excluding hydrogens is 239 g/mol. The zero-order chi connectivity index (χ0) is 13.2. The summed E-state index contributed by atoms with van der Waals surface area (Å²) < 4.78 is 13.1. The Bertz CT molecular complexity index is 608. The van der Waals surface area contributed by atoms with Gasteiger partial charge in [0.25, 0.3) is 0 Å². The molecule has 0 radical (unpaired) electrons. The smallest absolute Gasteiger partial charge is 0.125 e. The van der Waals surface area contributed by atoms with Crippen LogP contribution in [0.25, 0.3) is 0 Å². The molecule has 0 atom stereocenters. The summed E-state index contributed by atoms with van der Waals surface area (Å²) in [4.78, 5) is 0. The van der Waals surface area contributed by atoms with Crippen molar-refractivity contribution >= 4 is 17.1 Å². The van der Waals surface area contributed by atoms with E-state index in [1.54, 1.807) is 6.07 Å². The average Bonchev–Trinajstić information content (AvgIpc) is 2.42. The van der Waals surface area contributed by atoms with E-state index in [0.29, 0.717) is 5.69 Å². The lowest BCUT2D eigenvalue weighted by molar-refractivity contribution is 0.628. The van der Waals surface area contributed by atoms with Crippen LogP contribution in [-0.4, -0.2) is 0 Å². The molecular formula is C16H17FN2. The van der Waals surface area contributed by atoms with E-state index in [0.717, 1.165) is 24.2 Å². The normalized spacial score (nSPS) is 13.9. The van der Waals surface area contributed by atoms with Gasteiger partial charge in [0.15, 0.2) is 0 Å². The molecule has 3 heteroatoms. The minimum absolute atomic E-state index is 0.307. The van der Waals surface area contributed by atoms with Crippen molar-refractivity contribution in [3.05, 3.63) is 53.3 Å². The second-order valence-corrected chi connectivity index (χ2v) is 5.01. The van der Waals surface area contributed by atoms with Crippen molar-refractivity contribution in [1.82, 2.24) is 0 Å². The number of nitrogens with one attached hydrogen (secondary N) is 1. The average molecular weight is 256 g/mol. The van der Waals surface area contributed by atoms with E-state index < -0.39 is 0 Å². The minimum Gasteiger partial charge on any atom is -0.397 e. The predicted octanol–water partition coefficient (Wildman–Crippen LogP) is 4.03. The second kappa shape index (κ2) is 4.92. The van der Waals surface area contributed by atoms with E-state index in [1.807, 2.05) is 0 Å². The molecule has 3 N–H and O–H groups in total. The van der Waals surface area contributed by atoms with Crippen LogP contribution in [-0.2, 0) is 12.8 Å². The number of nitrogen functional groups attached to an aromatic ring is 1. The highest BCUT2D eigenvalue weighted by molar-refractivity contribution is 5.74. The summed E-state index contributed by atoms with van der Waals surface area (Å²) in [6.45, 7) is 0. The van der Waals surface area contributed by atoms with Crippen LogP contribution < -0.4 is 11.1 Å². The molecule has 0 saturated heterocycles. The van der Waals surface area contributed by atoms with Gasteiger partial charge in [-0.3, -0.25) is 0 Å². The molecule has 98 valence electrons. The van der Waals surface area contributed by atoms with Crippen LogP contribution >= 0.6 is 0 Å². The first-order valence-corrected chi connectivity index (χ1v) is 6.67. The lowest BCUT2D eigenvalue weighted by Gasteiger charge is -2.20. The Kier molecular flexibility index (Phi) is 3.11. The van der Waals surface area contributed by atoms with Gasteiger partial charge in [0.05, 0.1) is 11.4 Å². The molecule has 0 fully saturated rings. The van der Waals surface area contributed by atoms with Gasteiger partial charge in [0.1, 0.15) is 5.82 Å². The number of anilines is 3. The quantitative estimate of drug-likeness (QED) is 0.796. The summed E-state index contributed by atoms with van der Waals surface area (Å²) in [5, 5.41) is 3.34. The SMILES string of the molecule is Nc1cc(F)ccc1Nc1cccc2c1CCCC2. The van der Waals surface area contributed by atoms with Crippen molar-refractivity contribution in [2.24, 2.45) is 0 Å². The van der Waals surface area contributed by atoms with Crippen LogP contribution in [0, 0.1) is 5.82 Å². The van der Waals surface area contributed by atoms with Crippen molar-refractivity contribution in [2.45, 2.75) is 25.7 Å². The highest BCUT2D eigenvalue weighted by Gasteiger charge is 2.13. The van der Waals surface area contributed by atoms with Crippen LogP contribution in [0.5, 0.6) is 0 Å². The Balaban J connectivity index is 1.95. The summed E-state index contributed by atoms with van der Waals surface area (Å²) in [5.41, 5.74) is 10.9. The molecule has 0 bridgehead atoms. The Morgan fingerprint density at radius 1 is 1.00 bits per heavy atom. The van der Waals surface area contributed by atoms with Gasteiger partial charge < -0.3 is 11.1 Å². The van der Waals surface area contributed by atoms with Gasteiger partial charge in [-0.05, 0) is 61.1 Å². The van der Waals surface area contributed by atoms with E-state index in [1.165, 1.54) is 36.1 Å². The lowest BCUT2D eigenvalue weighted by Crippen LogP contribution is -2.06. The Morgan fingerprint density at radius 3 is 2.68 bits per heavy atom. The molecule has 19 heavy (non-hydrogen) atoms. The van der Waals surface area contributed by atoms with Gasteiger partial charge in [0.2, 0.25) is 0 Å². The summed E-state index contributed by atoms with van der Waals surface area (Å²) >= 11 is 0. The van der Waals surface area contributed by atoms with Crippen LogP contribution in [0.2, 0.25) is 0 Å². The fourth-order valence-corrected chi connectivity index (χ4v) is 2.69. The Labute approximate surface area is 112 Å². The van der Waals surface area contributed by atoms with Gasteiger partial charge in [-0.25, -0.2) is 4.39 Å². The molecule has 0 aromatic heterocycles. The molecule has 2 aromatic rings. The van der Waals surface area contributed by atoms with Gasteiger partial charge >= 0.3 is 0 Å². The molecule has 0 heterocycles. The zero-order valence-corrected chi connectivity index (χ0v) is 10.7. The van der Waals surface area contributed by atoms with Crippen LogP contribution in [0.3, 0.4) is 0 Å². The van der Waals surface area contributed by atoms with E-state index >= 15 is 0 Å². The molecule has 0 spiro atoms. The molecule has 2 aromatic carbocycles. The number of halogens is 1. The van der Waals surface area contributed by atoms with Gasteiger partial charge in [0, 0.05) is 5.69 Å². The number of rotatable bonds is 2. The Morgan fingerprint density at radius 2 is 1.84 bits per heavy atom. The predicted molar refractivity (Wildman–Crippen MR) is 77.2 cm³/mol. The first-order valence-electron chi connectivity index (χ1n) is 6.67. The fraction of sp³-hybridized carbons (Fsp3) is 0.250. The first kappa shape index (κ1) is 12.0. The number of nitrogens with two attached hydrogens (primary N) is 1. The van der Waals surface area contributed by atoms with Crippen LogP contribution in [0.1, 0.15) is 24.0 Å². The molecule has 0 saturated carbocycles. The van der Waals surface area contributed by atoms with Crippen LogP contribution in [0.4, 0.5) is 21.5 Å². The fourth-order valence-electron chi connectivity index (χ4n) is 2.69. The van der Waals surface area contributed by atoms with Gasteiger partial charge in [-0.2, -0.15) is 0 Å². The maximum Gasteiger partial charge on any atom is 0.125 e. The molecule has 1 aliphatic carbocycles. The maximum absolute atomic E-state index is 13.1. The van der Waals surface area contributed by atoms with Crippen molar-refractivity contribution in [3.8, 4) is 0 Å². The van der Waals surface area contributed by atoms with Crippen molar-refractivity contribution < 1.29 is 4.39 Å². The standard InChI is InChI=1S/C16H17FN2/c17-12-8-9-16(14(18)10-12)19-15-7-3-5-11-4-1-2-6-13(11)15/h3,5,7-10,19H,1-2,4,6,18H2. The third kappa shape index (κ3) is 2.41. The maximum atomic E-state index is 13.1. The number of fused-ring (bicyclic) bond motifs is 1. The summed E-state index contributed by atoms with van der Waals surface area (Å²) in [6.07, 6.45) is 4.73. The number of benzene rings is 2. The third-order valence-electron chi connectivity index (χ3n) is 3.68. The summed E-state index contributed by atoms with van der Waals surface area (Å²) in [7, 11) is 0. The number of hydrogen-bond acceptors (Lipinski definition) is 2. The minimum atomic E-state index is -0.307. The second-order valence-electron chi connectivity index (χ2n) is 5.01. The summed E-state index contributed by atoms with van der Waals surface area (Å²) in [6, 6.07) is 10.8. The van der Waals surface area contributed by atoms with Crippen molar-refractivity contribution in [3.63, 3.8) is 0 Å². The van der Waals surface area contributed by atoms with Crippen LogP contribution in [0.15, 0.2) is 36.4 Å².